The van der Waals surface area contributed by atoms with E-state index in [4.69, 9.17) is 4.74 Å². The average molecular weight is 201 g/mol. The van der Waals surface area contributed by atoms with Gasteiger partial charge < -0.3 is 14.8 Å². The monoisotopic (exact) mass is 201 g/mol. The van der Waals surface area contributed by atoms with Crippen molar-refractivity contribution in [3.8, 4) is 0 Å². The van der Waals surface area contributed by atoms with Crippen LogP contribution in [0.2, 0.25) is 0 Å². The van der Waals surface area contributed by atoms with Gasteiger partial charge in [-0.1, -0.05) is 0 Å². The van der Waals surface area contributed by atoms with Crippen LogP contribution in [-0.2, 0) is 14.3 Å². The molecular formula is C10H19NO3. The molecule has 4 heteroatoms. The maximum absolute atomic E-state index is 10.9. The van der Waals surface area contributed by atoms with Crippen LogP contribution in [0, 0.1) is 0 Å². The van der Waals surface area contributed by atoms with Gasteiger partial charge in [-0.3, -0.25) is 4.79 Å². The van der Waals surface area contributed by atoms with Gasteiger partial charge in [0.1, 0.15) is 0 Å². The molecular weight excluding hydrogens is 182 g/mol. The van der Waals surface area contributed by atoms with Crippen LogP contribution in [0.15, 0.2) is 0 Å². The Balaban J connectivity index is 2.07. The Morgan fingerprint density at radius 3 is 3.00 bits per heavy atom. The highest BCUT2D eigenvalue weighted by Gasteiger charge is 2.16. The summed E-state index contributed by atoms with van der Waals surface area (Å²) in [5.41, 5.74) is 0. The molecule has 1 fully saturated rings. The van der Waals surface area contributed by atoms with E-state index < -0.39 is 0 Å². The first kappa shape index (κ1) is 11.5. The molecule has 0 aromatic heterocycles. The van der Waals surface area contributed by atoms with Crippen molar-refractivity contribution in [2.75, 3.05) is 20.3 Å². The molecule has 0 spiro atoms. The van der Waals surface area contributed by atoms with Crippen LogP contribution in [-0.4, -0.2) is 38.4 Å². The molecule has 1 aliphatic rings. The summed E-state index contributed by atoms with van der Waals surface area (Å²) in [4.78, 5) is 10.9. The second-order valence-electron chi connectivity index (χ2n) is 3.72. The van der Waals surface area contributed by atoms with Crippen LogP contribution in [0.4, 0.5) is 0 Å². The van der Waals surface area contributed by atoms with Gasteiger partial charge in [-0.2, -0.15) is 0 Å². The number of esters is 1. The third kappa shape index (κ3) is 4.07. The summed E-state index contributed by atoms with van der Waals surface area (Å²) in [6, 6.07) is 0.468. The Hall–Kier alpha value is -0.610. The number of ether oxygens (including phenoxy) is 2. The van der Waals surface area contributed by atoms with E-state index in [0.717, 1.165) is 6.54 Å². The first-order valence-electron chi connectivity index (χ1n) is 5.14. The van der Waals surface area contributed by atoms with Crippen molar-refractivity contribution in [3.05, 3.63) is 0 Å². The van der Waals surface area contributed by atoms with Gasteiger partial charge in [-0.15, -0.1) is 0 Å². The second kappa shape index (κ2) is 5.98. The summed E-state index contributed by atoms with van der Waals surface area (Å²) in [6.45, 7) is 3.67. The minimum absolute atomic E-state index is 0.0511. The molecule has 0 amide bonds. The Kier molecular flexibility index (Phi) is 4.90. The molecule has 0 bridgehead atoms. The molecule has 0 radical (unpaired) electrons. The van der Waals surface area contributed by atoms with Crippen LogP contribution in [0.25, 0.3) is 0 Å². The predicted octanol–water partition coefficient (Wildman–Crippen LogP) is 0.707. The summed E-state index contributed by atoms with van der Waals surface area (Å²) in [5.74, 6) is -0.211. The van der Waals surface area contributed by atoms with E-state index in [1.54, 1.807) is 0 Å². The molecule has 4 nitrogen and oxygen atoms in total. The molecule has 1 aliphatic heterocycles. The average Bonchev–Trinajstić information content (AvgIpc) is 2.67. The summed E-state index contributed by atoms with van der Waals surface area (Å²) in [7, 11) is 1.40. The van der Waals surface area contributed by atoms with Crippen molar-refractivity contribution >= 4 is 5.97 Å². The van der Waals surface area contributed by atoms with Crippen molar-refractivity contribution in [2.24, 2.45) is 0 Å². The first-order chi connectivity index (χ1) is 6.72. The van der Waals surface area contributed by atoms with E-state index in [1.807, 2.05) is 6.92 Å². The second-order valence-corrected chi connectivity index (χ2v) is 3.72. The highest BCUT2D eigenvalue weighted by atomic mass is 16.5. The minimum Gasteiger partial charge on any atom is -0.469 e. The molecule has 2 atom stereocenters. The quantitative estimate of drug-likeness (QED) is 0.665. The van der Waals surface area contributed by atoms with Crippen LogP contribution in [0.1, 0.15) is 26.2 Å². The SMILES string of the molecule is COC(=O)CC(C)OC[C@@H]1CCCN1. The van der Waals surface area contributed by atoms with E-state index >= 15 is 0 Å². The number of hydrogen-bond donors (Lipinski definition) is 1. The lowest BCUT2D eigenvalue weighted by molar-refractivity contribution is -0.143. The molecule has 1 unspecified atom stereocenters. The van der Waals surface area contributed by atoms with Crippen LogP contribution in [0.3, 0.4) is 0 Å². The van der Waals surface area contributed by atoms with Gasteiger partial charge in [-0.25, -0.2) is 0 Å². The molecule has 1 rings (SSSR count). The van der Waals surface area contributed by atoms with Crippen molar-refractivity contribution in [1.82, 2.24) is 5.32 Å². The Bertz CT molecular complexity index is 178. The van der Waals surface area contributed by atoms with Crippen molar-refractivity contribution < 1.29 is 14.3 Å². The van der Waals surface area contributed by atoms with Crippen molar-refractivity contribution in [2.45, 2.75) is 38.3 Å². The fraction of sp³-hybridized carbons (Fsp3) is 0.900. The molecule has 14 heavy (non-hydrogen) atoms. The third-order valence-electron chi connectivity index (χ3n) is 2.43. The first-order valence-corrected chi connectivity index (χ1v) is 5.14. The molecule has 1 N–H and O–H groups in total. The lowest BCUT2D eigenvalue weighted by atomic mass is 10.2. The zero-order valence-electron chi connectivity index (χ0n) is 8.91. The maximum Gasteiger partial charge on any atom is 0.308 e. The zero-order chi connectivity index (χ0) is 10.4. The maximum atomic E-state index is 10.9. The minimum atomic E-state index is -0.211. The zero-order valence-corrected chi connectivity index (χ0v) is 8.91. The molecule has 82 valence electrons. The summed E-state index contributed by atoms with van der Waals surface area (Å²) < 4.78 is 10.1. The van der Waals surface area contributed by atoms with E-state index in [-0.39, 0.29) is 12.1 Å². The van der Waals surface area contributed by atoms with E-state index in [0.29, 0.717) is 19.1 Å². The highest BCUT2D eigenvalue weighted by molar-refractivity contribution is 5.69. The largest absolute Gasteiger partial charge is 0.469 e. The van der Waals surface area contributed by atoms with Crippen LogP contribution in [0.5, 0.6) is 0 Å². The third-order valence-corrected chi connectivity index (χ3v) is 2.43. The topological polar surface area (TPSA) is 47.6 Å². The lowest BCUT2D eigenvalue weighted by Crippen LogP contribution is -2.29. The molecule has 1 heterocycles. The molecule has 1 saturated heterocycles. The molecule has 0 saturated carbocycles. The van der Waals surface area contributed by atoms with Crippen LogP contribution < -0.4 is 5.32 Å². The normalized spacial score (nSPS) is 23.4. The number of rotatable bonds is 5. The highest BCUT2D eigenvalue weighted by Crippen LogP contribution is 2.07. The Morgan fingerprint density at radius 1 is 1.64 bits per heavy atom. The van der Waals surface area contributed by atoms with E-state index in [1.165, 1.54) is 20.0 Å². The number of hydrogen-bond acceptors (Lipinski definition) is 4. The van der Waals surface area contributed by atoms with Crippen molar-refractivity contribution in [3.63, 3.8) is 0 Å². The molecule has 0 aromatic carbocycles. The Morgan fingerprint density at radius 2 is 2.43 bits per heavy atom. The summed E-state index contributed by atoms with van der Waals surface area (Å²) >= 11 is 0. The van der Waals surface area contributed by atoms with Gasteiger partial charge in [0.05, 0.1) is 26.2 Å². The lowest BCUT2D eigenvalue weighted by Gasteiger charge is -2.15. The summed E-state index contributed by atoms with van der Waals surface area (Å²) in [5, 5.41) is 3.34. The number of methoxy groups -OCH3 is 1. The molecule has 0 aromatic rings. The number of carbonyl (C=O) groups is 1. The fourth-order valence-corrected chi connectivity index (χ4v) is 1.56. The Labute approximate surface area is 85.0 Å². The van der Waals surface area contributed by atoms with Crippen molar-refractivity contribution in [1.29, 1.82) is 0 Å². The van der Waals surface area contributed by atoms with E-state index in [2.05, 4.69) is 10.1 Å². The standard InChI is InChI=1S/C10H19NO3/c1-8(6-10(12)13-2)14-7-9-4-3-5-11-9/h8-9,11H,3-7H2,1-2H3/t8?,9-/m0/s1. The van der Waals surface area contributed by atoms with Crippen LogP contribution >= 0.6 is 0 Å². The van der Waals surface area contributed by atoms with E-state index in [9.17, 15) is 4.79 Å². The fourth-order valence-electron chi connectivity index (χ4n) is 1.56. The smallest absolute Gasteiger partial charge is 0.308 e. The predicted molar refractivity (Wildman–Crippen MR) is 53.1 cm³/mol. The van der Waals surface area contributed by atoms with Gasteiger partial charge in [-0.05, 0) is 26.3 Å². The van der Waals surface area contributed by atoms with Gasteiger partial charge in [0, 0.05) is 6.04 Å². The van der Waals surface area contributed by atoms with Gasteiger partial charge in [0.2, 0.25) is 0 Å². The number of carbonyl (C=O) groups excluding carboxylic acids is 1. The van der Waals surface area contributed by atoms with Gasteiger partial charge in [0.25, 0.3) is 0 Å². The number of nitrogens with one attached hydrogen (secondary N) is 1. The molecule has 0 aliphatic carbocycles. The summed E-state index contributed by atoms with van der Waals surface area (Å²) in [6.07, 6.45) is 2.68. The van der Waals surface area contributed by atoms with Gasteiger partial charge in [0.15, 0.2) is 0 Å². The van der Waals surface area contributed by atoms with Gasteiger partial charge >= 0.3 is 5.97 Å².